The van der Waals surface area contributed by atoms with Crippen molar-refractivity contribution in [3.05, 3.63) is 29.8 Å². The van der Waals surface area contributed by atoms with Crippen LogP contribution in [0.25, 0.3) is 0 Å². The van der Waals surface area contributed by atoms with Crippen molar-refractivity contribution in [3.8, 4) is 18.1 Å². The number of terminal acetylenes is 1. The molecule has 0 unspecified atom stereocenters. The zero-order valence-corrected chi connectivity index (χ0v) is 8.54. The molecule has 1 aromatic rings. The van der Waals surface area contributed by atoms with E-state index >= 15 is 0 Å². The molecule has 0 radical (unpaired) electrons. The van der Waals surface area contributed by atoms with Crippen LogP contribution in [-0.2, 0) is 0 Å². The molecule has 0 heterocycles. The number of nitrogens with one attached hydrogen (secondary N) is 1. The lowest BCUT2D eigenvalue weighted by Crippen LogP contribution is -2.23. The third-order valence-corrected chi connectivity index (χ3v) is 1.70. The molecule has 1 amide bonds. The number of carbonyl (C=O) groups excluding carboxylic acids is 1. The number of carbonyl (C=O) groups is 1. The van der Waals surface area contributed by atoms with Crippen LogP contribution in [0.3, 0.4) is 0 Å². The van der Waals surface area contributed by atoms with Crippen molar-refractivity contribution >= 4 is 5.91 Å². The summed E-state index contributed by atoms with van der Waals surface area (Å²) in [4.78, 5) is 11.3. The summed E-state index contributed by atoms with van der Waals surface area (Å²) in [6.45, 7) is 0.0552. The lowest BCUT2D eigenvalue weighted by Gasteiger charge is -2.09. The summed E-state index contributed by atoms with van der Waals surface area (Å²) < 4.78 is 39.2. The van der Waals surface area contributed by atoms with Crippen LogP contribution in [-0.4, -0.2) is 18.8 Å². The van der Waals surface area contributed by atoms with Gasteiger partial charge in [0.15, 0.2) is 0 Å². The number of hydrogen-bond donors (Lipinski definition) is 1. The topological polar surface area (TPSA) is 38.3 Å². The number of benzene rings is 1. The van der Waals surface area contributed by atoms with Gasteiger partial charge in [0.05, 0.1) is 6.54 Å². The molecule has 6 heteroatoms. The number of amides is 1. The van der Waals surface area contributed by atoms with E-state index in [9.17, 15) is 18.0 Å². The van der Waals surface area contributed by atoms with Gasteiger partial charge in [0.2, 0.25) is 0 Å². The van der Waals surface area contributed by atoms with Crippen molar-refractivity contribution in [2.75, 3.05) is 6.54 Å². The third-order valence-electron chi connectivity index (χ3n) is 1.70. The fraction of sp³-hybridized carbons (Fsp3) is 0.182. The average molecular weight is 243 g/mol. The lowest BCUT2D eigenvalue weighted by molar-refractivity contribution is -0.274. The van der Waals surface area contributed by atoms with E-state index in [1.807, 2.05) is 0 Å². The molecule has 0 fully saturated rings. The molecular formula is C11H8F3NO2. The van der Waals surface area contributed by atoms with E-state index in [2.05, 4.69) is 16.0 Å². The Morgan fingerprint density at radius 1 is 1.35 bits per heavy atom. The summed E-state index contributed by atoms with van der Waals surface area (Å²) in [5.74, 6) is 1.37. The van der Waals surface area contributed by atoms with Gasteiger partial charge in [-0.15, -0.1) is 19.6 Å². The van der Waals surface area contributed by atoms with Gasteiger partial charge in [-0.3, -0.25) is 4.79 Å². The minimum atomic E-state index is -4.74. The summed E-state index contributed by atoms with van der Waals surface area (Å²) in [6.07, 6.45) is 0.196. The second-order valence-corrected chi connectivity index (χ2v) is 2.96. The van der Waals surface area contributed by atoms with Gasteiger partial charge in [-0.25, -0.2) is 0 Å². The Balaban J connectivity index is 2.68. The van der Waals surface area contributed by atoms with Gasteiger partial charge in [-0.2, -0.15) is 0 Å². The molecule has 0 bridgehead atoms. The Hall–Kier alpha value is -2.16. The third kappa shape index (κ3) is 4.47. The van der Waals surface area contributed by atoms with E-state index in [0.717, 1.165) is 12.1 Å². The molecule has 1 N–H and O–H groups in total. The maximum absolute atomic E-state index is 11.8. The van der Waals surface area contributed by atoms with Gasteiger partial charge in [-0.05, 0) is 24.3 Å². The summed E-state index contributed by atoms with van der Waals surface area (Å²) in [6, 6.07) is 4.54. The number of alkyl halides is 3. The standard InChI is InChI=1S/C11H8F3NO2/c1-2-7-15-10(16)8-3-5-9(6-4-8)17-11(12,13)14/h1,3-6H,7H2,(H,15,16). The molecule has 1 aromatic carbocycles. The zero-order valence-electron chi connectivity index (χ0n) is 8.54. The van der Waals surface area contributed by atoms with Crippen LogP contribution in [0.2, 0.25) is 0 Å². The Morgan fingerprint density at radius 3 is 2.41 bits per heavy atom. The molecule has 1 rings (SSSR count). The summed E-state index contributed by atoms with van der Waals surface area (Å²) in [5.41, 5.74) is 0.203. The van der Waals surface area contributed by atoms with Gasteiger partial charge >= 0.3 is 6.36 Å². The van der Waals surface area contributed by atoms with Crippen molar-refractivity contribution in [3.63, 3.8) is 0 Å². The first-order valence-electron chi connectivity index (χ1n) is 4.50. The molecule has 0 atom stereocenters. The van der Waals surface area contributed by atoms with Crippen molar-refractivity contribution < 1.29 is 22.7 Å². The van der Waals surface area contributed by atoms with E-state index in [1.54, 1.807) is 0 Å². The summed E-state index contributed by atoms with van der Waals surface area (Å²) in [5, 5.41) is 2.38. The number of halogens is 3. The molecule has 0 spiro atoms. The van der Waals surface area contributed by atoms with E-state index in [4.69, 9.17) is 6.42 Å². The Kier molecular flexibility index (Phi) is 3.99. The maximum Gasteiger partial charge on any atom is 0.573 e. The highest BCUT2D eigenvalue weighted by atomic mass is 19.4. The Morgan fingerprint density at radius 2 is 1.94 bits per heavy atom. The molecule has 0 saturated carbocycles. The first kappa shape index (κ1) is 12.9. The van der Waals surface area contributed by atoms with Crippen LogP contribution in [0.15, 0.2) is 24.3 Å². The van der Waals surface area contributed by atoms with Gasteiger partial charge in [0, 0.05) is 5.56 Å². The highest BCUT2D eigenvalue weighted by Crippen LogP contribution is 2.22. The monoisotopic (exact) mass is 243 g/mol. The number of rotatable bonds is 3. The first-order valence-corrected chi connectivity index (χ1v) is 4.50. The largest absolute Gasteiger partial charge is 0.573 e. The lowest BCUT2D eigenvalue weighted by atomic mass is 10.2. The molecule has 90 valence electrons. The minimum Gasteiger partial charge on any atom is -0.406 e. The Bertz CT molecular complexity index is 432. The Labute approximate surface area is 95.6 Å². The SMILES string of the molecule is C#CCNC(=O)c1ccc(OC(F)(F)F)cc1. The van der Waals surface area contributed by atoms with Crippen molar-refractivity contribution in [2.24, 2.45) is 0 Å². The highest BCUT2D eigenvalue weighted by Gasteiger charge is 2.30. The molecule has 0 aliphatic heterocycles. The van der Waals surface area contributed by atoms with Gasteiger partial charge in [-0.1, -0.05) is 5.92 Å². The molecular weight excluding hydrogens is 235 g/mol. The van der Waals surface area contributed by atoms with E-state index < -0.39 is 12.3 Å². The van der Waals surface area contributed by atoms with E-state index in [0.29, 0.717) is 0 Å². The van der Waals surface area contributed by atoms with Gasteiger partial charge in [0.25, 0.3) is 5.91 Å². The highest BCUT2D eigenvalue weighted by molar-refractivity contribution is 5.94. The molecule has 0 aromatic heterocycles. The minimum absolute atomic E-state index is 0.0552. The van der Waals surface area contributed by atoms with Crippen LogP contribution in [0.5, 0.6) is 5.75 Å². The van der Waals surface area contributed by atoms with Crippen molar-refractivity contribution in [1.29, 1.82) is 0 Å². The van der Waals surface area contributed by atoms with Crippen LogP contribution in [0.1, 0.15) is 10.4 Å². The van der Waals surface area contributed by atoms with E-state index in [1.165, 1.54) is 12.1 Å². The second kappa shape index (κ2) is 5.25. The van der Waals surface area contributed by atoms with Crippen LogP contribution in [0, 0.1) is 12.3 Å². The molecule has 3 nitrogen and oxygen atoms in total. The number of hydrogen-bond acceptors (Lipinski definition) is 2. The van der Waals surface area contributed by atoms with Crippen LogP contribution in [0.4, 0.5) is 13.2 Å². The maximum atomic E-state index is 11.8. The fourth-order valence-corrected chi connectivity index (χ4v) is 1.04. The number of ether oxygens (including phenoxy) is 1. The van der Waals surface area contributed by atoms with Gasteiger partial charge < -0.3 is 10.1 Å². The van der Waals surface area contributed by atoms with Crippen molar-refractivity contribution in [1.82, 2.24) is 5.32 Å². The first-order chi connectivity index (χ1) is 7.92. The molecule has 0 saturated heterocycles. The summed E-state index contributed by atoms with van der Waals surface area (Å²) in [7, 11) is 0. The normalized spacial score (nSPS) is 10.5. The zero-order chi connectivity index (χ0) is 12.9. The quantitative estimate of drug-likeness (QED) is 0.824. The van der Waals surface area contributed by atoms with Crippen molar-refractivity contribution in [2.45, 2.75) is 6.36 Å². The van der Waals surface area contributed by atoms with E-state index in [-0.39, 0.29) is 17.9 Å². The average Bonchev–Trinajstić information content (AvgIpc) is 2.24. The predicted molar refractivity (Wildman–Crippen MR) is 54.3 cm³/mol. The second-order valence-electron chi connectivity index (χ2n) is 2.96. The molecule has 17 heavy (non-hydrogen) atoms. The van der Waals surface area contributed by atoms with Crippen LogP contribution < -0.4 is 10.1 Å². The smallest absolute Gasteiger partial charge is 0.406 e. The summed E-state index contributed by atoms with van der Waals surface area (Å²) >= 11 is 0. The molecule has 0 aliphatic rings. The van der Waals surface area contributed by atoms with Crippen LogP contribution >= 0.6 is 0 Å². The predicted octanol–water partition coefficient (Wildman–Crippen LogP) is 1.95. The van der Waals surface area contributed by atoms with Gasteiger partial charge in [0.1, 0.15) is 5.75 Å². The fourth-order valence-electron chi connectivity index (χ4n) is 1.04. The molecule has 0 aliphatic carbocycles.